The predicted octanol–water partition coefficient (Wildman–Crippen LogP) is 3.47. The molecule has 1 aliphatic carbocycles. The fourth-order valence-electron chi connectivity index (χ4n) is 2.65. The number of aryl methyl sites for hydroxylation is 1. The molecule has 3 aromatic rings. The number of rotatable bonds is 7. The lowest BCUT2D eigenvalue weighted by molar-refractivity contribution is 0.0278. The quantitative estimate of drug-likeness (QED) is 0.568. The maximum absolute atomic E-state index is 12.7. The van der Waals surface area contributed by atoms with Gasteiger partial charge in [-0.15, -0.1) is 21.5 Å². The van der Waals surface area contributed by atoms with Gasteiger partial charge in [0, 0.05) is 6.04 Å². The van der Waals surface area contributed by atoms with Crippen molar-refractivity contribution in [2.45, 2.75) is 43.7 Å². The molecule has 0 bridgehead atoms. The largest absolute Gasteiger partial charge is 0.449 e. The minimum Gasteiger partial charge on any atom is -0.449 e. The molecule has 1 unspecified atom stereocenters. The van der Waals surface area contributed by atoms with E-state index in [1.165, 1.54) is 23.5 Å². The second-order valence-corrected chi connectivity index (χ2v) is 9.50. The van der Waals surface area contributed by atoms with Crippen LogP contribution < -0.4 is 4.72 Å². The summed E-state index contributed by atoms with van der Waals surface area (Å²) in [5, 5.41) is 9.81. The van der Waals surface area contributed by atoms with Crippen LogP contribution in [0.5, 0.6) is 0 Å². The summed E-state index contributed by atoms with van der Waals surface area (Å²) in [6.45, 7) is 3.34. The van der Waals surface area contributed by atoms with E-state index in [9.17, 15) is 13.2 Å². The zero-order valence-electron chi connectivity index (χ0n) is 15.8. The van der Waals surface area contributed by atoms with Crippen molar-refractivity contribution < 1.29 is 22.4 Å². The monoisotopic (exact) mass is 433 g/mol. The summed E-state index contributed by atoms with van der Waals surface area (Å²) in [6, 6.07) is 8.10. The number of ether oxygens (including phenoxy) is 1. The number of esters is 1. The molecule has 10 heteroatoms. The highest BCUT2D eigenvalue weighted by atomic mass is 32.2. The molecule has 2 aromatic heterocycles. The first kappa shape index (κ1) is 19.7. The van der Waals surface area contributed by atoms with Crippen molar-refractivity contribution in [2.24, 2.45) is 0 Å². The molecule has 8 nitrogen and oxygen atoms in total. The van der Waals surface area contributed by atoms with Crippen LogP contribution >= 0.6 is 11.3 Å². The lowest BCUT2D eigenvalue weighted by Crippen LogP contribution is -2.26. The van der Waals surface area contributed by atoms with Crippen molar-refractivity contribution >= 4 is 27.3 Å². The molecule has 0 radical (unpaired) electrons. The Hall–Kier alpha value is -2.56. The third-order valence-electron chi connectivity index (χ3n) is 4.44. The molecule has 29 heavy (non-hydrogen) atoms. The number of aromatic nitrogens is 2. The number of carbonyl (C=O) groups is 1. The summed E-state index contributed by atoms with van der Waals surface area (Å²) < 4.78 is 38.5. The molecular weight excluding hydrogens is 414 g/mol. The van der Waals surface area contributed by atoms with Gasteiger partial charge < -0.3 is 9.15 Å². The molecule has 0 saturated heterocycles. The van der Waals surface area contributed by atoms with Crippen molar-refractivity contribution in [1.82, 2.24) is 14.9 Å². The number of nitrogens with one attached hydrogen (secondary N) is 1. The van der Waals surface area contributed by atoms with Gasteiger partial charge >= 0.3 is 5.97 Å². The van der Waals surface area contributed by atoms with E-state index in [-0.39, 0.29) is 22.4 Å². The fraction of sp³-hybridized carbons (Fsp3) is 0.316. The second kappa shape index (κ2) is 7.69. The maximum atomic E-state index is 12.7. The molecule has 2 heterocycles. The summed E-state index contributed by atoms with van der Waals surface area (Å²) in [5.41, 5.74) is 0.783. The van der Waals surface area contributed by atoms with Crippen molar-refractivity contribution in [3.05, 3.63) is 52.7 Å². The molecule has 1 fully saturated rings. The number of benzene rings is 1. The highest BCUT2D eigenvalue weighted by Gasteiger charge is 2.29. The summed E-state index contributed by atoms with van der Waals surface area (Å²) in [6.07, 6.45) is 0.873. The first-order chi connectivity index (χ1) is 13.8. The molecule has 1 aromatic carbocycles. The van der Waals surface area contributed by atoms with E-state index in [0.717, 1.165) is 17.7 Å². The van der Waals surface area contributed by atoms with Crippen molar-refractivity contribution in [3.8, 4) is 10.8 Å². The van der Waals surface area contributed by atoms with Gasteiger partial charge in [-0.25, -0.2) is 17.9 Å². The number of hydrogen-bond donors (Lipinski definition) is 1. The minimum absolute atomic E-state index is 0.0215. The summed E-state index contributed by atoms with van der Waals surface area (Å²) in [7, 11) is -3.67. The van der Waals surface area contributed by atoms with Crippen LogP contribution in [-0.2, 0) is 14.8 Å². The molecule has 1 N–H and O–H groups in total. The smallest absolute Gasteiger partial charge is 0.339 e. The second-order valence-electron chi connectivity index (χ2n) is 6.84. The Morgan fingerprint density at radius 1 is 1.31 bits per heavy atom. The van der Waals surface area contributed by atoms with Crippen molar-refractivity contribution in [3.63, 3.8) is 0 Å². The standard InChI is InChI=1S/C19H19N3O5S2/c1-11-5-8-14(29(24,25)22-13-6-7-13)10-15(11)19(23)26-12(2)17-20-21-18(27-17)16-4-3-9-28-16/h3-5,8-10,12-13,22H,6-7H2,1-2H3. The van der Waals surface area contributed by atoms with Crippen LogP contribution in [0.2, 0.25) is 0 Å². The Balaban J connectivity index is 1.51. The Morgan fingerprint density at radius 2 is 2.10 bits per heavy atom. The molecule has 1 aliphatic rings. The first-order valence-electron chi connectivity index (χ1n) is 9.05. The molecular formula is C19H19N3O5S2. The van der Waals surface area contributed by atoms with E-state index < -0.39 is 22.1 Å². The Labute approximate surface area is 172 Å². The van der Waals surface area contributed by atoms with Gasteiger partial charge in [-0.05, 0) is 55.8 Å². The van der Waals surface area contributed by atoms with E-state index in [1.54, 1.807) is 19.9 Å². The van der Waals surface area contributed by atoms with Gasteiger partial charge in [0.2, 0.25) is 10.0 Å². The van der Waals surface area contributed by atoms with Gasteiger partial charge in [0.1, 0.15) is 0 Å². The van der Waals surface area contributed by atoms with Crippen LogP contribution in [0.1, 0.15) is 47.7 Å². The number of hydrogen-bond acceptors (Lipinski definition) is 8. The van der Waals surface area contributed by atoms with E-state index in [4.69, 9.17) is 9.15 Å². The van der Waals surface area contributed by atoms with E-state index >= 15 is 0 Å². The van der Waals surface area contributed by atoms with E-state index in [0.29, 0.717) is 11.5 Å². The Kier molecular flexibility index (Phi) is 5.24. The van der Waals surface area contributed by atoms with Crippen LogP contribution in [0.25, 0.3) is 10.8 Å². The van der Waals surface area contributed by atoms with Gasteiger partial charge in [-0.3, -0.25) is 0 Å². The minimum atomic E-state index is -3.67. The van der Waals surface area contributed by atoms with Crippen LogP contribution in [0.4, 0.5) is 0 Å². The molecule has 1 atom stereocenters. The molecule has 0 spiro atoms. The Bertz CT molecular complexity index is 1130. The van der Waals surface area contributed by atoms with E-state index in [2.05, 4.69) is 14.9 Å². The van der Waals surface area contributed by atoms with Gasteiger partial charge in [-0.1, -0.05) is 12.1 Å². The van der Waals surface area contributed by atoms with E-state index in [1.807, 2.05) is 17.5 Å². The van der Waals surface area contributed by atoms with Crippen LogP contribution in [-0.4, -0.2) is 30.6 Å². The normalized spacial score (nSPS) is 15.2. The topological polar surface area (TPSA) is 111 Å². The van der Waals surface area contributed by atoms with Crippen molar-refractivity contribution in [2.75, 3.05) is 0 Å². The maximum Gasteiger partial charge on any atom is 0.339 e. The number of sulfonamides is 1. The highest BCUT2D eigenvalue weighted by Crippen LogP contribution is 2.27. The third-order valence-corrected chi connectivity index (χ3v) is 6.82. The fourth-order valence-corrected chi connectivity index (χ4v) is 4.62. The predicted molar refractivity (Wildman–Crippen MR) is 106 cm³/mol. The molecule has 0 aliphatic heterocycles. The lowest BCUT2D eigenvalue weighted by atomic mass is 10.1. The first-order valence-corrected chi connectivity index (χ1v) is 11.4. The molecule has 4 rings (SSSR count). The summed E-state index contributed by atoms with van der Waals surface area (Å²) in [4.78, 5) is 13.5. The van der Waals surface area contributed by atoms with Crippen molar-refractivity contribution in [1.29, 1.82) is 0 Å². The van der Waals surface area contributed by atoms with Gasteiger partial charge in [0.15, 0.2) is 6.10 Å². The zero-order chi connectivity index (χ0) is 20.6. The number of thiophene rings is 1. The van der Waals surface area contributed by atoms with Crippen LogP contribution in [0.3, 0.4) is 0 Å². The van der Waals surface area contributed by atoms with Crippen LogP contribution in [0.15, 0.2) is 45.0 Å². The molecule has 0 amide bonds. The zero-order valence-corrected chi connectivity index (χ0v) is 17.4. The van der Waals surface area contributed by atoms with Gasteiger partial charge in [0.25, 0.3) is 11.8 Å². The Morgan fingerprint density at radius 3 is 2.79 bits per heavy atom. The molecule has 1 saturated carbocycles. The van der Waals surface area contributed by atoms with Gasteiger partial charge in [0.05, 0.1) is 15.3 Å². The average molecular weight is 434 g/mol. The highest BCUT2D eigenvalue weighted by molar-refractivity contribution is 7.89. The van der Waals surface area contributed by atoms with Crippen LogP contribution in [0, 0.1) is 6.92 Å². The number of carbonyl (C=O) groups excluding carboxylic acids is 1. The summed E-state index contributed by atoms with van der Waals surface area (Å²) in [5.74, 6) is -0.138. The average Bonchev–Trinajstić information content (AvgIpc) is 3.14. The third kappa shape index (κ3) is 4.39. The summed E-state index contributed by atoms with van der Waals surface area (Å²) >= 11 is 1.46. The number of nitrogens with zero attached hydrogens (tertiary/aromatic N) is 2. The SMILES string of the molecule is Cc1ccc(S(=O)(=O)NC2CC2)cc1C(=O)OC(C)c1nnc(-c2cccs2)o1. The lowest BCUT2D eigenvalue weighted by Gasteiger charge is -2.12. The molecule has 152 valence electrons. The van der Waals surface area contributed by atoms with Gasteiger partial charge in [-0.2, -0.15) is 0 Å².